The number of rotatable bonds is 1. The van der Waals surface area contributed by atoms with Crippen LogP contribution in [-0.4, -0.2) is 10.2 Å². The fraction of sp³-hybridized carbons (Fsp3) is 0.444. The average molecular weight is 299 g/mol. The van der Waals surface area contributed by atoms with Crippen LogP contribution in [0.4, 0.5) is 0 Å². The van der Waals surface area contributed by atoms with Gasteiger partial charge in [0.05, 0.1) is 16.4 Å². The maximum Gasteiger partial charge on any atom is 0.0947 e. The minimum Gasteiger partial charge on any atom is -0.154 e. The predicted octanol–water partition coefficient (Wildman–Crippen LogP) is 4.97. The van der Waals surface area contributed by atoms with Crippen LogP contribution in [0.1, 0.15) is 50.8 Å². The molecule has 2 atom stereocenters. The average Bonchev–Trinajstić information content (AvgIpc) is 2.79. The Morgan fingerprint density at radius 3 is 2.67 bits per heavy atom. The van der Waals surface area contributed by atoms with Gasteiger partial charge in [0.15, 0.2) is 0 Å². The molecule has 0 aliphatic heterocycles. The van der Waals surface area contributed by atoms with Crippen molar-refractivity contribution in [3.8, 4) is 11.3 Å². The van der Waals surface area contributed by atoms with Crippen molar-refractivity contribution in [3.63, 3.8) is 0 Å². The zero-order chi connectivity index (χ0) is 14.8. The molecule has 21 heavy (non-hydrogen) atoms. The second kappa shape index (κ2) is 4.07. The Morgan fingerprint density at radius 2 is 1.90 bits per heavy atom. The molecule has 0 amide bonds. The molecule has 4 rings (SSSR count). The molecule has 108 valence electrons. The molecule has 1 saturated carbocycles. The summed E-state index contributed by atoms with van der Waals surface area (Å²) in [5.41, 5.74) is 4.90. The van der Waals surface area contributed by atoms with Crippen LogP contribution in [0, 0.1) is 5.41 Å². The Bertz CT molecular complexity index is 738. The molecular weight excluding hydrogens is 280 g/mol. The van der Waals surface area contributed by atoms with Gasteiger partial charge in [0.2, 0.25) is 0 Å². The van der Waals surface area contributed by atoms with Crippen molar-refractivity contribution < 1.29 is 0 Å². The molecule has 0 spiro atoms. The monoisotopic (exact) mass is 298 g/mol. The van der Waals surface area contributed by atoms with Gasteiger partial charge >= 0.3 is 0 Å². The second-order valence-corrected chi connectivity index (χ2v) is 7.57. The Hall–Kier alpha value is -1.41. The smallest absolute Gasteiger partial charge is 0.0947 e. The molecule has 2 nitrogen and oxygen atoms in total. The SMILES string of the molecule is CC1(C)[C@H]2CC[C@]1(C)c1nnc(-c3ccccc3Cl)cc12. The lowest BCUT2D eigenvalue weighted by atomic mass is 9.70. The topological polar surface area (TPSA) is 25.8 Å². The standard InChI is InChI=1S/C18H19ClN2/c1-17(2)13-8-9-18(17,3)16-12(13)10-15(20-21-16)11-6-4-5-7-14(11)19/h4-7,10,13H,8-9H2,1-3H3/t13-,18+/m0/s1. The molecule has 1 aromatic carbocycles. The summed E-state index contributed by atoms with van der Waals surface area (Å²) in [7, 11) is 0. The molecule has 2 aromatic rings. The summed E-state index contributed by atoms with van der Waals surface area (Å²) in [4.78, 5) is 0. The largest absolute Gasteiger partial charge is 0.154 e. The summed E-state index contributed by atoms with van der Waals surface area (Å²) < 4.78 is 0. The van der Waals surface area contributed by atoms with Gasteiger partial charge in [0.25, 0.3) is 0 Å². The van der Waals surface area contributed by atoms with Crippen molar-refractivity contribution in [3.05, 3.63) is 46.6 Å². The highest BCUT2D eigenvalue weighted by atomic mass is 35.5. The molecule has 1 heterocycles. The lowest BCUT2D eigenvalue weighted by Gasteiger charge is -2.33. The quantitative estimate of drug-likeness (QED) is 0.742. The zero-order valence-electron chi connectivity index (χ0n) is 12.7. The molecule has 0 unspecified atom stereocenters. The van der Waals surface area contributed by atoms with Gasteiger partial charge in [0, 0.05) is 11.0 Å². The number of halogens is 1. The first kappa shape index (κ1) is 13.3. The van der Waals surface area contributed by atoms with Gasteiger partial charge in [-0.05, 0) is 41.9 Å². The van der Waals surface area contributed by atoms with Gasteiger partial charge in [-0.2, -0.15) is 10.2 Å². The van der Waals surface area contributed by atoms with E-state index >= 15 is 0 Å². The first-order valence-electron chi connectivity index (χ1n) is 7.58. The minimum atomic E-state index is 0.166. The Labute approximate surface area is 130 Å². The van der Waals surface area contributed by atoms with Crippen molar-refractivity contribution in [2.24, 2.45) is 5.41 Å². The molecule has 2 aliphatic carbocycles. The minimum absolute atomic E-state index is 0.166. The van der Waals surface area contributed by atoms with Crippen molar-refractivity contribution in [2.45, 2.75) is 44.9 Å². The third-order valence-corrected chi connectivity index (χ3v) is 6.43. The first-order valence-corrected chi connectivity index (χ1v) is 7.96. The van der Waals surface area contributed by atoms with E-state index in [-0.39, 0.29) is 10.8 Å². The van der Waals surface area contributed by atoms with Gasteiger partial charge in [-0.25, -0.2) is 0 Å². The Kier molecular flexibility index (Phi) is 2.57. The summed E-state index contributed by atoms with van der Waals surface area (Å²) in [6.07, 6.45) is 2.47. The van der Waals surface area contributed by atoms with E-state index in [4.69, 9.17) is 11.6 Å². The van der Waals surface area contributed by atoms with Crippen LogP contribution in [-0.2, 0) is 5.41 Å². The van der Waals surface area contributed by atoms with Crippen LogP contribution in [0.3, 0.4) is 0 Å². The lowest BCUT2D eigenvalue weighted by Crippen LogP contribution is -2.32. The van der Waals surface area contributed by atoms with Crippen LogP contribution in [0.5, 0.6) is 0 Å². The molecule has 2 aliphatic rings. The summed E-state index contributed by atoms with van der Waals surface area (Å²) >= 11 is 6.30. The molecule has 1 aromatic heterocycles. The lowest BCUT2D eigenvalue weighted by molar-refractivity contribution is 0.226. The third-order valence-electron chi connectivity index (χ3n) is 6.10. The molecule has 1 fully saturated rings. The second-order valence-electron chi connectivity index (χ2n) is 7.16. The molecule has 2 bridgehead atoms. The molecule has 0 N–H and O–H groups in total. The fourth-order valence-electron chi connectivity index (χ4n) is 4.37. The van der Waals surface area contributed by atoms with E-state index < -0.39 is 0 Å². The number of hydrogen-bond donors (Lipinski definition) is 0. The summed E-state index contributed by atoms with van der Waals surface area (Å²) in [5.74, 6) is 0.592. The van der Waals surface area contributed by atoms with E-state index in [1.807, 2.05) is 24.3 Å². The zero-order valence-corrected chi connectivity index (χ0v) is 13.4. The number of fused-ring (bicyclic) bond motifs is 5. The van der Waals surface area contributed by atoms with Gasteiger partial charge in [-0.1, -0.05) is 50.6 Å². The van der Waals surface area contributed by atoms with Crippen molar-refractivity contribution in [1.82, 2.24) is 10.2 Å². The van der Waals surface area contributed by atoms with Crippen LogP contribution >= 0.6 is 11.6 Å². The number of hydrogen-bond acceptors (Lipinski definition) is 2. The fourth-order valence-corrected chi connectivity index (χ4v) is 4.60. The van der Waals surface area contributed by atoms with E-state index in [2.05, 4.69) is 37.0 Å². The molecule has 0 radical (unpaired) electrons. The predicted molar refractivity (Wildman–Crippen MR) is 85.6 cm³/mol. The van der Waals surface area contributed by atoms with Crippen LogP contribution < -0.4 is 0 Å². The maximum absolute atomic E-state index is 6.30. The normalized spacial score (nSPS) is 28.7. The summed E-state index contributed by atoms with van der Waals surface area (Å²) in [5, 5.41) is 9.83. The number of nitrogens with zero attached hydrogens (tertiary/aromatic N) is 2. The Balaban J connectivity index is 1.89. The summed E-state index contributed by atoms with van der Waals surface area (Å²) in [6.45, 7) is 7.10. The van der Waals surface area contributed by atoms with Gasteiger partial charge in [0.1, 0.15) is 0 Å². The van der Waals surface area contributed by atoms with Crippen molar-refractivity contribution in [1.29, 1.82) is 0 Å². The van der Waals surface area contributed by atoms with E-state index in [9.17, 15) is 0 Å². The van der Waals surface area contributed by atoms with E-state index in [1.165, 1.54) is 24.1 Å². The third kappa shape index (κ3) is 1.54. The molecule has 3 heteroatoms. The van der Waals surface area contributed by atoms with Gasteiger partial charge in [-0.15, -0.1) is 0 Å². The maximum atomic E-state index is 6.30. The Morgan fingerprint density at radius 1 is 1.14 bits per heavy atom. The van der Waals surface area contributed by atoms with E-state index in [0.717, 1.165) is 16.3 Å². The van der Waals surface area contributed by atoms with Gasteiger partial charge < -0.3 is 0 Å². The highest BCUT2D eigenvalue weighted by Crippen LogP contribution is 2.67. The first-order chi connectivity index (χ1) is 9.95. The van der Waals surface area contributed by atoms with Crippen LogP contribution in [0.2, 0.25) is 5.02 Å². The molecule has 0 saturated heterocycles. The van der Waals surface area contributed by atoms with Crippen molar-refractivity contribution in [2.75, 3.05) is 0 Å². The van der Waals surface area contributed by atoms with Crippen molar-refractivity contribution >= 4 is 11.6 Å². The van der Waals surface area contributed by atoms with Crippen LogP contribution in [0.25, 0.3) is 11.3 Å². The highest BCUT2D eigenvalue weighted by Gasteiger charge is 2.60. The highest BCUT2D eigenvalue weighted by molar-refractivity contribution is 6.33. The van der Waals surface area contributed by atoms with E-state index in [0.29, 0.717) is 5.92 Å². The van der Waals surface area contributed by atoms with E-state index in [1.54, 1.807) is 0 Å². The van der Waals surface area contributed by atoms with Gasteiger partial charge in [-0.3, -0.25) is 0 Å². The number of benzene rings is 1. The van der Waals surface area contributed by atoms with Crippen LogP contribution in [0.15, 0.2) is 30.3 Å². The summed E-state index contributed by atoms with van der Waals surface area (Å²) in [6, 6.07) is 10.1. The molecular formula is C18H19ClN2. The number of aromatic nitrogens is 2.